The van der Waals surface area contributed by atoms with Crippen LogP contribution in [0, 0.1) is 0 Å². The van der Waals surface area contributed by atoms with Crippen molar-refractivity contribution in [2.45, 2.75) is 26.0 Å². The molecule has 32 heavy (non-hydrogen) atoms. The van der Waals surface area contributed by atoms with E-state index in [1.807, 2.05) is 54.6 Å². The summed E-state index contributed by atoms with van der Waals surface area (Å²) in [6.45, 7) is 1.42. The number of nitrogens with zero attached hydrogens (tertiary/aromatic N) is 2. The fourth-order valence-electron chi connectivity index (χ4n) is 3.70. The highest BCUT2D eigenvalue weighted by atomic mass is 16.5. The standard InChI is InChI=1S/C23H23N5O4/c1-14(29)24-17-10-8-16(9-11-17)18(12-15-6-4-3-5-7-15)20-25-19-21(26-20)28(13-32-2)23(31)27-22(19)30/h3-11,18H,12-13H2,1-2H3,(H,24,29)(H,25,26)(H,27,30,31). The van der Waals surface area contributed by atoms with Crippen LogP contribution in [-0.2, 0) is 22.7 Å². The SMILES string of the molecule is COCn1c(=O)[nH]c(=O)c2[nH]c(C(Cc3ccccc3)c3ccc(NC(C)=O)cc3)nc21. The number of ether oxygens (including phenoxy) is 1. The lowest BCUT2D eigenvalue weighted by Crippen LogP contribution is -2.30. The molecule has 0 saturated heterocycles. The number of carbonyl (C=O) groups excluding carboxylic acids is 1. The highest BCUT2D eigenvalue weighted by Crippen LogP contribution is 2.28. The molecular formula is C23H23N5O4. The third-order valence-electron chi connectivity index (χ3n) is 5.16. The molecule has 9 nitrogen and oxygen atoms in total. The zero-order valence-electron chi connectivity index (χ0n) is 17.7. The smallest absolute Gasteiger partial charge is 0.332 e. The monoisotopic (exact) mass is 433 g/mol. The molecule has 2 heterocycles. The Bertz CT molecular complexity index is 1350. The van der Waals surface area contributed by atoms with Gasteiger partial charge in [-0.25, -0.2) is 9.78 Å². The van der Waals surface area contributed by atoms with E-state index in [4.69, 9.17) is 4.74 Å². The molecule has 0 fully saturated rings. The number of H-pyrrole nitrogens is 2. The van der Waals surface area contributed by atoms with Crippen molar-refractivity contribution in [3.8, 4) is 0 Å². The molecule has 0 saturated carbocycles. The first kappa shape index (κ1) is 21.3. The van der Waals surface area contributed by atoms with E-state index >= 15 is 0 Å². The molecule has 1 amide bonds. The van der Waals surface area contributed by atoms with Crippen molar-refractivity contribution < 1.29 is 9.53 Å². The summed E-state index contributed by atoms with van der Waals surface area (Å²) in [4.78, 5) is 46.0. The maximum Gasteiger partial charge on any atom is 0.332 e. The van der Waals surface area contributed by atoms with Crippen molar-refractivity contribution in [1.29, 1.82) is 0 Å². The van der Waals surface area contributed by atoms with Crippen LogP contribution in [0.5, 0.6) is 0 Å². The van der Waals surface area contributed by atoms with Gasteiger partial charge in [0.15, 0.2) is 5.65 Å². The van der Waals surface area contributed by atoms with E-state index in [0.29, 0.717) is 17.9 Å². The summed E-state index contributed by atoms with van der Waals surface area (Å²) in [6.07, 6.45) is 0.618. The Labute approximate surface area is 183 Å². The molecule has 0 bridgehead atoms. The van der Waals surface area contributed by atoms with Crippen molar-refractivity contribution in [2.24, 2.45) is 0 Å². The molecule has 0 radical (unpaired) electrons. The Kier molecular flexibility index (Phi) is 6.00. The molecule has 3 N–H and O–H groups in total. The number of hydrogen-bond donors (Lipinski definition) is 3. The van der Waals surface area contributed by atoms with Crippen LogP contribution < -0.4 is 16.6 Å². The number of rotatable bonds is 7. The average Bonchev–Trinajstić information content (AvgIpc) is 3.22. The number of carbonyl (C=O) groups is 1. The van der Waals surface area contributed by atoms with E-state index in [1.165, 1.54) is 18.6 Å². The first-order valence-electron chi connectivity index (χ1n) is 10.1. The molecule has 0 spiro atoms. The van der Waals surface area contributed by atoms with Crippen LogP contribution >= 0.6 is 0 Å². The summed E-state index contributed by atoms with van der Waals surface area (Å²) < 4.78 is 6.38. The molecule has 0 aliphatic heterocycles. The van der Waals surface area contributed by atoms with Gasteiger partial charge in [0.1, 0.15) is 18.1 Å². The van der Waals surface area contributed by atoms with Gasteiger partial charge in [-0.2, -0.15) is 0 Å². The zero-order valence-corrected chi connectivity index (χ0v) is 17.7. The minimum absolute atomic E-state index is 0.0365. The molecule has 164 valence electrons. The van der Waals surface area contributed by atoms with Crippen molar-refractivity contribution in [1.82, 2.24) is 19.5 Å². The molecular weight excluding hydrogens is 410 g/mol. The predicted octanol–water partition coefficient (Wildman–Crippen LogP) is 2.35. The van der Waals surface area contributed by atoms with Gasteiger partial charge in [0, 0.05) is 25.6 Å². The third-order valence-corrected chi connectivity index (χ3v) is 5.16. The minimum atomic E-state index is -0.582. The average molecular weight is 433 g/mol. The van der Waals surface area contributed by atoms with E-state index in [-0.39, 0.29) is 29.7 Å². The Morgan fingerprint density at radius 3 is 2.47 bits per heavy atom. The lowest BCUT2D eigenvalue weighted by atomic mass is 9.91. The van der Waals surface area contributed by atoms with E-state index in [0.717, 1.165) is 11.1 Å². The summed E-state index contributed by atoms with van der Waals surface area (Å²) in [5.41, 5.74) is 2.06. The van der Waals surface area contributed by atoms with E-state index in [2.05, 4.69) is 20.3 Å². The van der Waals surface area contributed by atoms with Crippen molar-refractivity contribution in [3.63, 3.8) is 0 Å². The topological polar surface area (TPSA) is 122 Å². The molecule has 4 aromatic rings. The summed E-state index contributed by atoms with van der Waals surface area (Å²) in [5, 5.41) is 2.76. The molecule has 2 aromatic carbocycles. The molecule has 2 aromatic heterocycles. The number of methoxy groups -OCH3 is 1. The largest absolute Gasteiger partial charge is 0.364 e. The second-order valence-corrected chi connectivity index (χ2v) is 7.47. The fraction of sp³-hybridized carbons (Fsp3) is 0.217. The Hall–Kier alpha value is -3.98. The van der Waals surface area contributed by atoms with E-state index in [1.54, 1.807) is 0 Å². The first-order chi connectivity index (χ1) is 15.5. The number of imidazole rings is 1. The van der Waals surface area contributed by atoms with Crippen LogP contribution in [0.1, 0.15) is 29.8 Å². The Morgan fingerprint density at radius 1 is 1.09 bits per heavy atom. The summed E-state index contributed by atoms with van der Waals surface area (Å²) in [7, 11) is 1.46. The molecule has 9 heteroatoms. The summed E-state index contributed by atoms with van der Waals surface area (Å²) >= 11 is 0. The van der Waals surface area contributed by atoms with E-state index in [9.17, 15) is 14.4 Å². The van der Waals surface area contributed by atoms with Gasteiger partial charge < -0.3 is 15.0 Å². The van der Waals surface area contributed by atoms with Gasteiger partial charge in [0.2, 0.25) is 5.91 Å². The fourth-order valence-corrected chi connectivity index (χ4v) is 3.70. The lowest BCUT2D eigenvalue weighted by molar-refractivity contribution is -0.114. The lowest BCUT2D eigenvalue weighted by Gasteiger charge is -2.16. The molecule has 0 aliphatic rings. The zero-order chi connectivity index (χ0) is 22.7. The molecule has 4 rings (SSSR count). The number of nitrogens with one attached hydrogen (secondary N) is 3. The van der Waals surface area contributed by atoms with Crippen LogP contribution in [0.25, 0.3) is 11.2 Å². The van der Waals surface area contributed by atoms with Gasteiger partial charge >= 0.3 is 5.69 Å². The summed E-state index contributed by atoms with van der Waals surface area (Å²) in [5.74, 6) is 0.185. The number of benzene rings is 2. The maximum absolute atomic E-state index is 12.4. The number of fused-ring (bicyclic) bond motifs is 1. The Balaban J connectivity index is 1.83. The number of amides is 1. The van der Waals surface area contributed by atoms with Crippen LogP contribution in [0.3, 0.4) is 0 Å². The molecule has 0 aliphatic carbocycles. The van der Waals surface area contributed by atoms with Crippen molar-refractivity contribution in [2.75, 3.05) is 12.4 Å². The number of aromatic amines is 2. The summed E-state index contributed by atoms with van der Waals surface area (Å²) in [6, 6.07) is 17.4. The molecule has 1 atom stereocenters. The number of anilines is 1. The first-order valence-corrected chi connectivity index (χ1v) is 10.1. The molecule has 1 unspecified atom stereocenters. The van der Waals surface area contributed by atoms with Crippen LogP contribution in [-0.4, -0.2) is 32.5 Å². The van der Waals surface area contributed by atoms with Crippen LogP contribution in [0.4, 0.5) is 5.69 Å². The van der Waals surface area contributed by atoms with Crippen LogP contribution in [0.2, 0.25) is 0 Å². The normalized spacial score (nSPS) is 12.1. The van der Waals surface area contributed by atoms with Gasteiger partial charge in [-0.05, 0) is 29.7 Å². The minimum Gasteiger partial charge on any atom is -0.364 e. The number of aromatic nitrogens is 4. The van der Waals surface area contributed by atoms with Crippen molar-refractivity contribution in [3.05, 3.63) is 92.4 Å². The van der Waals surface area contributed by atoms with Gasteiger partial charge in [-0.1, -0.05) is 42.5 Å². The highest BCUT2D eigenvalue weighted by Gasteiger charge is 2.22. The van der Waals surface area contributed by atoms with E-state index < -0.39 is 11.2 Å². The number of hydrogen-bond acceptors (Lipinski definition) is 5. The van der Waals surface area contributed by atoms with Crippen LogP contribution in [0.15, 0.2) is 64.2 Å². The van der Waals surface area contributed by atoms with Gasteiger partial charge in [0.05, 0.1) is 0 Å². The second kappa shape index (κ2) is 9.03. The van der Waals surface area contributed by atoms with Gasteiger partial charge in [-0.3, -0.25) is 19.1 Å². The second-order valence-electron chi connectivity index (χ2n) is 7.47. The quantitative estimate of drug-likeness (QED) is 0.413. The Morgan fingerprint density at radius 2 is 1.81 bits per heavy atom. The van der Waals surface area contributed by atoms with Crippen molar-refractivity contribution >= 4 is 22.8 Å². The highest BCUT2D eigenvalue weighted by molar-refractivity contribution is 5.88. The third kappa shape index (κ3) is 4.37. The predicted molar refractivity (Wildman–Crippen MR) is 121 cm³/mol. The maximum atomic E-state index is 12.4. The van der Waals surface area contributed by atoms with Gasteiger partial charge in [0.25, 0.3) is 5.56 Å². The van der Waals surface area contributed by atoms with Gasteiger partial charge in [-0.15, -0.1) is 0 Å².